The van der Waals surface area contributed by atoms with Crippen LogP contribution >= 0.6 is 0 Å². The van der Waals surface area contributed by atoms with Gasteiger partial charge in [-0.15, -0.1) is 0 Å². The zero-order valence-corrected chi connectivity index (χ0v) is 14.3. The van der Waals surface area contributed by atoms with Crippen molar-refractivity contribution in [3.8, 4) is 0 Å². The quantitative estimate of drug-likeness (QED) is 0.842. The lowest BCUT2D eigenvalue weighted by molar-refractivity contribution is -0.143. The monoisotopic (exact) mass is 314 g/mol. The molecule has 0 bridgehead atoms. The molecule has 2 aliphatic rings. The van der Waals surface area contributed by atoms with Gasteiger partial charge in [-0.2, -0.15) is 0 Å². The summed E-state index contributed by atoms with van der Waals surface area (Å²) in [6.45, 7) is 7.16. The fourth-order valence-corrected chi connectivity index (χ4v) is 3.83. The van der Waals surface area contributed by atoms with E-state index in [2.05, 4.69) is 18.2 Å². The van der Waals surface area contributed by atoms with Crippen LogP contribution in [0.5, 0.6) is 0 Å². The normalized spacial score (nSPS) is 22.7. The third-order valence-electron chi connectivity index (χ3n) is 5.30. The summed E-state index contributed by atoms with van der Waals surface area (Å²) >= 11 is 0. The molecule has 4 nitrogen and oxygen atoms in total. The Morgan fingerprint density at radius 1 is 1.13 bits per heavy atom. The summed E-state index contributed by atoms with van der Waals surface area (Å²) in [4.78, 5) is 29.2. The minimum atomic E-state index is -0.364. The van der Waals surface area contributed by atoms with Gasteiger partial charge in [0, 0.05) is 24.7 Å². The van der Waals surface area contributed by atoms with Gasteiger partial charge < -0.3 is 9.80 Å². The van der Waals surface area contributed by atoms with Crippen LogP contribution in [0.25, 0.3) is 0 Å². The number of piperazine rings is 1. The molecule has 1 aromatic carbocycles. The standard InChI is InChI=1S/C19H26N2O2/c1-13-8-9-14(2)17(12-13)21-11-10-20(15(3)18(21)22)19(23)16-6-4-5-7-16/h8-9,12,15-16H,4-7,10-11H2,1-3H3/t15-/m0/s1. The number of nitrogens with zero attached hydrogens (tertiary/aromatic N) is 2. The first kappa shape index (κ1) is 16.0. The Hall–Kier alpha value is -1.84. The fourth-order valence-electron chi connectivity index (χ4n) is 3.83. The number of aryl methyl sites for hydroxylation is 2. The summed E-state index contributed by atoms with van der Waals surface area (Å²) in [5.74, 6) is 0.359. The Morgan fingerprint density at radius 2 is 1.83 bits per heavy atom. The Labute approximate surface area is 138 Å². The SMILES string of the molecule is Cc1ccc(C)c(N2CCN(C(=O)C3CCCC3)[C@@H](C)C2=O)c1. The van der Waals surface area contributed by atoms with Gasteiger partial charge >= 0.3 is 0 Å². The highest BCUT2D eigenvalue weighted by molar-refractivity contribution is 6.01. The summed E-state index contributed by atoms with van der Waals surface area (Å²) < 4.78 is 0. The molecule has 4 heteroatoms. The van der Waals surface area contributed by atoms with Gasteiger partial charge in [0.1, 0.15) is 6.04 Å². The Morgan fingerprint density at radius 3 is 2.52 bits per heavy atom. The van der Waals surface area contributed by atoms with Gasteiger partial charge in [-0.05, 0) is 50.8 Å². The second-order valence-electron chi connectivity index (χ2n) is 6.97. The number of carbonyl (C=O) groups is 2. The Balaban J connectivity index is 1.78. The van der Waals surface area contributed by atoms with E-state index in [1.165, 1.54) is 0 Å². The van der Waals surface area contributed by atoms with Crippen molar-refractivity contribution >= 4 is 17.5 Å². The van der Waals surface area contributed by atoms with Crippen molar-refractivity contribution < 1.29 is 9.59 Å². The Bertz CT molecular complexity index is 620. The molecule has 23 heavy (non-hydrogen) atoms. The molecule has 0 radical (unpaired) electrons. The van der Waals surface area contributed by atoms with E-state index in [1.54, 1.807) is 4.90 Å². The summed E-state index contributed by atoms with van der Waals surface area (Å²) in [5, 5.41) is 0. The van der Waals surface area contributed by atoms with E-state index in [0.29, 0.717) is 13.1 Å². The minimum absolute atomic E-state index is 0.0382. The molecule has 1 aliphatic heterocycles. The average molecular weight is 314 g/mol. The molecule has 0 N–H and O–H groups in total. The van der Waals surface area contributed by atoms with Crippen LogP contribution in [0.2, 0.25) is 0 Å². The van der Waals surface area contributed by atoms with Crippen LogP contribution in [-0.4, -0.2) is 35.8 Å². The first-order valence-corrected chi connectivity index (χ1v) is 8.68. The topological polar surface area (TPSA) is 40.6 Å². The van der Waals surface area contributed by atoms with Crippen LogP contribution in [0.1, 0.15) is 43.7 Å². The maximum Gasteiger partial charge on any atom is 0.249 e. The van der Waals surface area contributed by atoms with Gasteiger partial charge in [-0.25, -0.2) is 0 Å². The van der Waals surface area contributed by atoms with E-state index in [0.717, 1.165) is 42.5 Å². The van der Waals surface area contributed by atoms with Crippen molar-refractivity contribution in [2.75, 3.05) is 18.0 Å². The molecular weight excluding hydrogens is 288 g/mol. The predicted molar refractivity (Wildman–Crippen MR) is 91.4 cm³/mol. The lowest BCUT2D eigenvalue weighted by Crippen LogP contribution is -2.58. The lowest BCUT2D eigenvalue weighted by atomic mass is 10.0. The molecule has 0 unspecified atom stereocenters. The molecule has 0 spiro atoms. The highest BCUT2D eigenvalue weighted by atomic mass is 16.2. The molecule has 3 rings (SSSR count). The van der Waals surface area contributed by atoms with Crippen LogP contribution < -0.4 is 4.90 Å². The van der Waals surface area contributed by atoms with Crippen LogP contribution in [0, 0.1) is 19.8 Å². The molecule has 124 valence electrons. The Kier molecular flexibility index (Phi) is 4.42. The van der Waals surface area contributed by atoms with Gasteiger partial charge in [0.2, 0.25) is 11.8 Å². The zero-order valence-electron chi connectivity index (χ0n) is 14.3. The van der Waals surface area contributed by atoms with Gasteiger partial charge in [-0.1, -0.05) is 25.0 Å². The molecule has 1 aliphatic carbocycles. The van der Waals surface area contributed by atoms with Gasteiger partial charge in [0.15, 0.2) is 0 Å². The van der Waals surface area contributed by atoms with Gasteiger partial charge in [-0.3, -0.25) is 9.59 Å². The van der Waals surface area contributed by atoms with Crippen molar-refractivity contribution in [3.05, 3.63) is 29.3 Å². The van der Waals surface area contributed by atoms with Crippen molar-refractivity contribution in [2.24, 2.45) is 5.92 Å². The lowest BCUT2D eigenvalue weighted by Gasteiger charge is -2.40. The summed E-state index contributed by atoms with van der Waals surface area (Å²) in [7, 11) is 0. The van der Waals surface area contributed by atoms with Crippen LogP contribution in [-0.2, 0) is 9.59 Å². The molecule has 2 fully saturated rings. The molecule has 1 saturated heterocycles. The minimum Gasteiger partial charge on any atom is -0.329 e. The number of rotatable bonds is 2. The van der Waals surface area contributed by atoms with Crippen molar-refractivity contribution in [1.29, 1.82) is 0 Å². The van der Waals surface area contributed by atoms with Crippen LogP contribution in [0.3, 0.4) is 0 Å². The number of hydrogen-bond acceptors (Lipinski definition) is 2. The number of carbonyl (C=O) groups excluding carboxylic acids is 2. The highest BCUT2D eigenvalue weighted by Crippen LogP contribution is 2.30. The number of benzene rings is 1. The second kappa shape index (κ2) is 6.34. The second-order valence-corrected chi connectivity index (χ2v) is 6.97. The summed E-state index contributed by atoms with van der Waals surface area (Å²) in [6.07, 6.45) is 4.25. The van der Waals surface area contributed by atoms with E-state index in [1.807, 2.05) is 25.7 Å². The first-order chi connectivity index (χ1) is 11.0. The number of anilines is 1. The molecule has 2 amide bonds. The maximum absolute atomic E-state index is 12.9. The number of hydrogen-bond donors (Lipinski definition) is 0. The van der Waals surface area contributed by atoms with E-state index in [9.17, 15) is 9.59 Å². The van der Waals surface area contributed by atoms with E-state index >= 15 is 0 Å². The predicted octanol–water partition coefficient (Wildman–Crippen LogP) is 3.06. The number of amides is 2. The van der Waals surface area contributed by atoms with E-state index in [-0.39, 0.29) is 23.8 Å². The summed E-state index contributed by atoms with van der Waals surface area (Å²) in [6, 6.07) is 5.82. The molecule has 1 aromatic rings. The third kappa shape index (κ3) is 2.99. The van der Waals surface area contributed by atoms with Crippen molar-refractivity contribution in [1.82, 2.24) is 4.90 Å². The third-order valence-corrected chi connectivity index (χ3v) is 5.30. The van der Waals surface area contributed by atoms with Gasteiger partial charge in [0.25, 0.3) is 0 Å². The average Bonchev–Trinajstić information content (AvgIpc) is 3.06. The molecule has 0 aromatic heterocycles. The molecule has 1 heterocycles. The largest absolute Gasteiger partial charge is 0.329 e. The first-order valence-electron chi connectivity index (χ1n) is 8.68. The maximum atomic E-state index is 12.9. The molecule has 1 atom stereocenters. The van der Waals surface area contributed by atoms with Crippen LogP contribution in [0.4, 0.5) is 5.69 Å². The summed E-state index contributed by atoms with van der Waals surface area (Å²) in [5.41, 5.74) is 3.23. The van der Waals surface area contributed by atoms with Crippen LogP contribution in [0.15, 0.2) is 18.2 Å². The van der Waals surface area contributed by atoms with E-state index < -0.39 is 0 Å². The molecular formula is C19H26N2O2. The highest BCUT2D eigenvalue weighted by Gasteiger charge is 2.38. The molecule has 1 saturated carbocycles. The van der Waals surface area contributed by atoms with E-state index in [4.69, 9.17) is 0 Å². The van der Waals surface area contributed by atoms with Crippen molar-refractivity contribution in [2.45, 2.75) is 52.5 Å². The fraction of sp³-hybridized carbons (Fsp3) is 0.579. The van der Waals surface area contributed by atoms with Gasteiger partial charge in [0.05, 0.1) is 0 Å². The zero-order chi connectivity index (χ0) is 16.6. The smallest absolute Gasteiger partial charge is 0.249 e. The van der Waals surface area contributed by atoms with Crippen molar-refractivity contribution in [3.63, 3.8) is 0 Å².